The highest BCUT2D eigenvalue weighted by atomic mass is 32.2. The standard InChI is InChI=1S/C20H21FN2O5S2/c21-15-1-4-17(5-2-15)30(25,26)23-9-7-22(8-10-23)20(24)14-29-16-3-6-18-19(13-16)28-12-11-27-18/h1-6,13H,7-12,14H2. The van der Waals surface area contributed by atoms with Crippen LogP contribution in [0.2, 0.25) is 0 Å². The van der Waals surface area contributed by atoms with Gasteiger partial charge < -0.3 is 14.4 Å². The average molecular weight is 453 g/mol. The maximum atomic E-state index is 13.1. The zero-order chi connectivity index (χ0) is 21.1. The van der Waals surface area contributed by atoms with Crippen LogP contribution in [0.1, 0.15) is 0 Å². The zero-order valence-corrected chi connectivity index (χ0v) is 17.8. The maximum Gasteiger partial charge on any atom is 0.243 e. The predicted molar refractivity (Wildman–Crippen MR) is 110 cm³/mol. The van der Waals surface area contributed by atoms with Gasteiger partial charge in [0.15, 0.2) is 11.5 Å². The van der Waals surface area contributed by atoms with Crippen molar-refractivity contribution in [2.24, 2.45) is 0 Å². The van der Waals surface area contributed by atoms with Crippen molar-refractivity contribution in [2.45, 2.75) is 9.79 Å². The molecule has 1 amide bonds. The lowest BCUT2D eigenvalue weighted by Crippen LogP contribution is -2.50. The molecular weight excluding hydrogens is 431 g/mol. The molecule has 30 heavy (non-hydrogen) atoms. The highest BCUT2D eigenvalue weighted by Crippen LogP contribution is 2.34. The molecule has 4 rings (SSSR count). The number of thioether (sulfide) groups is 1. The minimum Gasteiger partial charge on any atom is -0.486 e. The molecule has 0 atom stereocenters. The summed E-state index contributed by atoms with van der Waals surface area (Å²) in [4.78, 5) is 15.2. The van der Waals surface area contributed by atoms with Crippen molar-refractivity contribution in [1.29, 1.82) is 0 Å². The summed E-state index contributed by atoms with van der Waals surface area (Å²) in [6.07, 6.45) is 0. The van der Waals surface area contributed by atoms with Gasteiger partial charge in [-0.05, 0) is 42.5 Å². The molecule has 1 fully saturated rings. The first-order chi connectivity index (χ1) is 14.4. The molecule has 0 aromatic heterocycles. The van der Waals surface area contributed by atoms with Crippen LogP contribution in [0.25, 0.3) is 0 Å². The second kappa shape index (κ2) is 8.83. The third kappa shape index (κ3) is 4.55. The van der Waals surface area contributed by atoms with E-state index in [1.54, 1.807) is 4.90 Å². The van der Waals surface area contributed by atoms with Crippen LogP contribution < -0.4 is 9.47 Å². The van der Waals surface area contributed by atoms with Crippen molar-refractivity contribution in [3.05, 3.63) is 48.3 Å². The smallest absolute Gasteiger partial charge is 0.243 e. The Morgan fingerprint density at radius 3 is 2.33 bits per heavy atom. The van der Waals surface area contributed by atoms with E-state index in [9.17, 15) is 17.6 Å². The molecule has 2 aromatic rings. The van der Waals surface area contributed by atoms with Crippen LogP contribution in [0.3, 0.4) is 0 Å². The van der Waals surface area contributed by atoms with Gasteiger partial charge in [0.25, 0.3) is 0 Å². The number of hydrogen-bond donors (Lipinski definition) is 0. The maximum absolute atomic E-state index is 13.1. The van der Waals surface area contributed by atoms with E-state index in [4.69, 9.17) is 9.47 Å². The summed E-state index contributed by atoms with van der Waals surface area (Å²) in [5, 5.41) is 0. The summed E-state index contributed by atoms with van der Waals surface area (Å²) >= 11 is 1.41. The number of rotatable bonds is 5. The summed E-state index contributed by atoms with van der Waals surface area (Å²) < 4.78 is 50.8. The van der Waals surface area contributed by atoms with Crippen LogP contribution in [0.15, 0.2) is 52.3 Å². The van der Waals surface area contributed by atoms with Crippen molar-refractivity contribution in [1.82, 2.24) is 9.21 Å². The molecule has 0 saturated carbocycles. The first-order valence-electron chi connectivity index (χ1n) is 9.49. The summed E-state index contributed by atoms with van der Waals surface area (Å²) in [7, 11) is -3.69. The molecule has 0 aliphatic carbocycles. The van der Waals surface area contributed by atoms with Crippen LogP contribution in [-0.2, 0) is 14.8 Å². The Morgan fingerprint density at radius 1 is 0.967 bits per heavy atom. The van der Waals surface area contributed by atoms with Gasteiger partial charge >= 0.3 is 0 Å². The Morgan fingerprint density at radius 2 is 1.63 bits per heavy atom. The Hall–Kier alpha value is -2.30. The van der Waals surface area contributed by atoms with Gasteiger partial charge in [0.2, 0.25) is 15.9 Å². The lowest BCUT2D eigenvalue weighted by Gasteiger charge is -2.34. The average Bonchev–Trinajstić information content (AvgIpc) is 2.77. The molecule has 2 aliphatic heterocycles. The molecule has 0 N–H and O–H groups in total. The molecule has 0 spiro atoms. The minimum atomic E-state index is -3.69. The van der Waals surface area contributed by atoms with Gasteiger partial charge in [-0.15, -0.1) is 11.8 Å². The number of sulfonamides is 1. The van der Waals surface area contributed by atoms with Crippen LogP contribution in [-0.4, -0.2) is 68.7 Å². The highest BCUT2D eigenvalue weighted by Gasteiger charge is 2.30. The van der Waals surface area contributed by atoms with Crippen molar-refractivity contribution in [3.63, 3.8) is 0 Å². The second-order valence-corrected chi connectivity index (χ2v) is 9.82. The molecule has 0 radical (unpaired) electrons. The summed E-state index contributed by atoms with van der Waals surface area (Å²) in [6.45, 7) is 2.09. The van der Waals surface area contributed by atoms with E-state index in [2.05, 4.69) is 0 Å². The molecule has 10 heteroatoms. The fourth-order valence-electron chi connectivity index (χ4n) is 3.28. The SMILES string of the molecule is O=C(CSc1ccc2c(c1)OCCO2)N1CCN(S(=O)(=O)c2ccc(F)cc2)CC1. The van der Waals surface area contributed by atoms with E-state index >= 15 is 0 Å². The number of fused-ring (bicyclic) bond motifs is 1. The van der Waals surface area contributed by atoms with Gasteiger partial charge in [0.1, 0.15) is 19.0 Å². The fraction of sp³-hybridized carbons (Fsp3) is 0.350. The molecule has 2 aromatic carbocycles. The normalized spacial score (nSPS) is 17.0. The lowest BCUT2D eigenvalue weighted by atomic mass is 10.3. The Bertz CT molecular complexity index is 1020. The number of halogens is 1. The lowest BCUT2D eigenvalue weighted by molar-refractivity contribution is -0.129. The van der Waals surface area contributed by atoms with E-state index in [0.717, 1.165) is 17.0 Å². The van der Waals surface area contributed by atoms with Gasteiger partial charge in [-0.1, -0.05) is 0 Å². The monoisotopic (exact) mass is 452 g/mol. The van der Waals surface area contributed by atoms with Gasteiger partial charge in [-0.3, -0.25) is 4.79 Å². The number of carbonyl (C=O) groups is 1. The quantitative estimate of drug-likeness (QED) is 0.648. The molecule has 0 bridgehead atoms. The van der Waals surface area contributed by atoms with E-state index in [1.165, 1.54) is 28.2 Å². The number of hydrogen-bond acceptors (Lipinski definition) is 6. The Kier molecular flexibility index (Phi) is 6.16. The number of carbonyl (C=O) groups excluding carboxylic acids is 1. The molecule has 2 heterocycles. The van der Waals surface area contributed by atoms with Gasteiger partial charge in [-0.25, -0.2) is 12.8 Å². The zero-order valence-electron chi connectivity index (χ0n) is 16.1. The number of amides is 1. The van der Waals surface area contributed by atoms with Crippen molar-refractivity contribution < 1.29 is 27.1 Å². The van der Waals surface area contributed by atoms with Gasteiger partial charge in [0.05, 0.1) is 10.6 Å². The number of piperazine rings is 1. The van der Waals surface area contributed by atoms with E-state index in [-0.39, 0.29) is 29.6 Å². The third-order valence-electron chi connectivity index (χ3n) is 4.92. The number of nitrogens with zero attached hydrogens (tertiary/aromatic N) is 2. The van der Waals surface area contributed by atoms with Crippen LogP contribution in [0.4, 0.5) is 4.39 Å². The molecule has 1 saturated heterocycles. The number of ether oxygens (including phenoxy) is 2. The molecule has 160 valence electrons. The Balaban J connectivity index is 1.30. The van der Waals surface area contributed by atoms with E-state index in [0.29, 0.717) is 37.8 Å². The van der Waals surface area contributed by atoms with E-state index in [1.807, 2.05) is 18.2 Å². The summed E-state index contributed by atoms with van der Waals surface area (Å²) in [6, 6.07) is 10.3. The number of benzene rings is 2. The van der Waals surface area contributed by atoms with Gasteiger partial charge in [0, 0.05) is 31.1 Å². The first-order valence-corrected chi connectivity index (χ1v) is 11.9. The van der Waals surface area contributed by atoms with Gasteiger partial charge in [-0.2, -0.15) is 4.31 Å². The molecular formula is C20H21FN2O5S2. The molecule has 2 aliphatic rings. The summed E-state index contributed by atoms with van der Waals surface area (Å²) in [5.74, 6) is 1.10. The highest BCUT2D eigenvalue weighted by molar-refractivity contribution is 8.00. The van der Waals surface area contributed by atoms with E-state index < -0.39 is 15.8 Å². The van der Waals surface area contributed by atoms with Crippen LogP contribution in [0.5, 0.6) is 11.5 Å². The predicted octanol–water partition coefficient (Wildman–Crippen LogP) is 2.22. The fourth-order valence-corrected chi connectivity index (χ4v) is 5.53. The van der Waals surface area contributed by atoms with Crippen molar-refractivity contribution >= 4 is 27.7 Å². The molecule has 0 unspecified atom stereocenters. The topological polar surface area (TPSA) is 76.2 Å². The second-order valence-electron chi connectivity index (χ2n) is 6.83. The largest absolute Gasteiger partial charge is 0.486 e. The molecule has 7 nitrogen and oxygen atoms in total. The van der Waals surface area contributed by atoms with Crippen LogP contribution in [0, 0.1) is 5.82 Å². The van der Waals surface area contributed by atoms with Crippen molar-refractivity contribution in [2.75, 3.05) is 45.1 Å². The minimum absolute atomic E-state index is 0.0475. The summed E-state index contributed by atoms with van der Waals surface area (Å²) in [5.41, 5.74) is 0. The van der Waals surface area contributed by atoms with Crippen LogP contribution >= 0.6 is 11.8 Å². The Labute approximate surface area is 178 Å². The van der Waals surface area contributed by atoms with Crippen molar-refractivity contribution in [3.8, 4) is 11.5 Å². The first kappa shape index (κ1) is 21.0. The third-order valence-corrected chi connectivity index (χ3v) is 7.81.